The monoisotopic (exact) mass is 457 g/mol. The number of amides is 2. The van der Waals surface area contributed by atoms with E-state index in [9.17, 15) is 9.59 Å². The first-order valence-corrected chi connectivity index (χ1v) is 11.6. The van der Waals surface area contributed by atoms with E-state index in [1.54, 1.807) is 15.9 Å². The Hall–Kier alpha value is -3.71. The van der Waals surface area contributed by atoms with Crippen LogP contribution in [0.5, 0.6) is 5.75 Å². The molecule has 1 aromatic heterocycles. The number of fused-ring (bicyclic) bond motifs is 2. The molecule has 4 aromatic rings. The second kappa shape index (κ2) is 8.67. The maximum absolute atomic E-state index is 13.9. The molecule has 0 unspecified atom stereocenters. The third-order valence-electron chi connectivity index (χ3n) is 5.72. The van der Waals surface area contributed by atoms with Crippen molar-refractivity contribution in [1.29, 1.82) is 0 Å². The van der Waals surface area contributed by atoms with E-state index >= 15 is 0 Å². The van der Waals surface area contributed by atoms with E-state index in [0.29, 0.717) is 23.1 Å². The molecule has 1 atom stereocenters. The number of nitrogens with zero attached hydrogens (tertiary/aromatic N) is 3. The Kier molecular flexibility index (Phi) is 5.56. The third-order valence-corrected chi connectivity index (χ3v) is 6.76. The van der Waals surface area contributed by atoms with Crippen LogP contribution in [-0.4, -0.2) is 29.4 Å². The van der Waals surface area contributed by atoms with Gasteiger partial charge in [-0.25, -0.2) is 4.98 Å². The maximum atomic E-state index is 13.9. The summed E-state index contributed by atoms with van der Waals surface area (Å²) in [5.74, 6) is 0.169. The van der Waals surface area contributed by atoms with Crippen LogP contribution in [0.4, 0.5) is 10.8 Å². The number of aromatic nitrogens is 1. The molecule has 2 amide bonds. The molecule has 0 radical (unpaired) electrons. The summed E-state index contributed by atoms with van der Waals surface area (Å²) >= 11 is 1.48. The van der Waals surface area contributed by atoms with E-state index in [1.165, 1.54) is 18.3 Å². The average Bonchev–Trinajstić information content (AvgIpc) is 3.27. The van der Waals surface area contributed by atoms with Crippen molar-refractivity contribution in [2.45, 2.75) is 26.5 Å². The van der Waals surface area contributed by atoms with Crippen molar-refractivity contribution in [1.82, 2.24) is 4.98 Å². The van der Waals surface area contributed by atoms with Gasteiger partial charge in [0.2, 0.25) is 5.91 Å². The van der Waals surface area contributed by atoms with Gasteiger partial charge in [0.15, 0.2) is 11.2 Å². The molecule has 1 aliphatic rings. The molecule has 0 N–H and O–H groups in total. The zero-order valence-corrected chi connectivity index (χ0v) is 19.2. The molecular formula is C26H23N3O3S. The molecular weight excluding hydrogens is 434 g/mol. The molecule has 0 bridgehead atoms. The number of thiazole rings is 1. The van der Waals surface area contributed by atoms with Crippen LogP contribution < -0.4 is 14.5 Å². The van der Waals surface area contributed by atoms with Crippen molar-refractivity contribution >= 4 is 44.2 Å². The summed E-state index contributed by atoms with van der Waals surface area (Å²) in [4.78, 5) is 34.3. The fourth-order valence-corrected chi connectivity index (χ4v) is 5.08. The summed E-state index contributed by atoms with van der Waals surface area (Å²) < 4.78 is 7.13. The number of benzene rings is 3. The molecule has 166 valence electrons. The second-order valence-electron chi connectivity index (χ2n) is 8.03. The minimum Gasteiger partial charge on any atom is -0.476 e. The molecule has 33 heavy (non-hydrogen) atoms. The van der Waals surface area contributed by atoms with Gasteiger partial charge in [0.25, 0.3) is 5.91 Å². The number of anilines is 2. The molecule has 0 aliphatic carbocycles. The van der Waals surface area contributed by atoms with Crippen molar-refractivity contribution < 1.29 is 14.3 Å². The molecule has 7 heteroatoms. The fraction of sp³-hybridized carbons (Fsp3) is 0.192. The highest BCUT2D eigenvalue weighted by Gasteiger charge is 2.36. The van der Waals surface area contributed by atoms with Crippen LogP contribution in [0, 0.1) is 6.92 Å². The summed E-state index contributed by atoms with van der Waals surface area (Å²) in [6.07, 6.45) is -0.833. The zero-order chi connectivity index (χ0) is 22.9. The number of aryl methyl sites for hydroxylation is 1. The normalized spacial score (nSPS) is 15.1. The van der Waals surface area contributed by atoms with Gasteiger partial charge in [0.1, 0.15) is 5.75 Å². The number of para-hydroxylation sites is 3. The number of rotatable bonds is 4. The number of carbonyl (C=O) groups excluding carboxylic acids is 2. The number of hydrogen-bond donors (Lipinski definition) is 0. The van der Waals surface area contributed by atoms with Gasteiger partial charge in [-0.1, -0.05) is 65.9 Å². The van der Waals surface area contributed by atoms with E-state index in [2.05, 4.69) is 0 Å². The van der Waals surface area contributed by atoms with Crippen molar-refractivity contribution in [2.75, 3.05) is 16.3 Å². The van der Waals surface area contributed by atoms with Crippen LogP contribution in [0.15, 0.2) is 72.8 Å². The lowest BCUT2D eigenvalue weighted by Crippen LogP contribution is -2.51. The highest BCUT2D eigenvalue weighted by Crippen LogP contribution is 2.36. The van der Waals surface area contributed by atoms with Gasteiger partial charge in [0.05, 0.1) is 29.0 Å². The largest absolute Gasteiger partial charge is 0.476 e. The highest BCUT2D eigenvalue weighted by molar-refractivity contribution is 7.22. The second-order valence-corrected chi connectivity index (χ2v) is 9.04. The van der Waals surface area contributed by atoms with E-state index in [4.69, 9.17) is 9.72 Å². The van der Waals surface area contributed by atoms with Crippen molar-refractivity contribution in [3.63, 3.8) is 0 Å². The molecule has 0 saturated heterocycles. The van der Waals surface area contributed by atoms with Gasteiger partial charge in [-0.15, -0.1) is 0 Å². The molecule has 0 fully saturated rings. The number of carbonyl (C=O) groups is 2. The van der Waals surface area contributed by atoms with Crippen LogP contribution in [0.1, 0.15) is 18.1 Å². The quantitative estimate of drug-likeness (QED) is 0.435. The Balaban J connectivity index is 1.54. The first-order chi connectivity index (χ1) is 16.0. The van der Waals surface area contributed by atoms with Crippen LogP contribution in [0.25, 0.3) is 10.2 Å². The van der Waals surface area contributed by atoms with E-state index in [1.807, 2.05) is 73.7 Å². The van der Waals surface area contributed by atoms with E-state index in [-0.39, 0.29) is 18.4 Å². The minimum absolute atomic E-state index is 0.131. The van der Waals surface area contributed by atoms with Crippen LogP contribution in [0.2, 0.25) is 0 Å². The maximum Gasteiger partial charge on any atom is 0.272 e. The smallest absolute Gasteiger partial charge is 0.272 e. The first kappa shape index (κ1) is 21.2. The Morgan fingerprint density at radius 2 is 1.82 bits per heavy atom. The van der Waals surface area contributed by atoms with Crippen molar-refractivity contribution in [3.05, 3.63) is 83.9 Å². The number of hydrogen-bond acceptors (Lipinski definition) is 5. The van der Waals surface area contributed by atoms with Gasteiger partial charge in [0, 0.05) is 6.92 Å². The predicted octanol–water partition coefficient (Wildman–Crippen LogP) is 4.95. The molecule has 1 aliphatic heterocycles. The highest BCUT2D eigenvalue weighted by atomic mass is 32.1. The Morgan fingerprint density at radius 3 is 2.58 bits per heavy atom. The topological polar surface area (TPSA) is 62.7 Å². The Morgan fingerprint density at radius 1 is 1.06 bits per heavy atom. The summed E-state index contributed by atoms with van der Waals surface area (Å²) in [5, 5.41) is 0.616. The fourth-order valence-electron chi connectivity index (χ4n) is 4.03. The van der Waals surface area contributed by atoms with Crippen LogP contribution in [-0.2, 0) is 16.1 Å². The first-order valence-electron chi connectivity index (χ1n) is 10.8. The molecule has 6 nitrogen and oxygen atoms in total. The molecule has 5 rings (SSSR count). The van der Waals surface area contributed by atoms with Gasteiger partial charge in [-0.3, -0.25) is 14.5 Å². The number of ether oxygens (including phenoxy) is 1. The van der Waals surface area contributed by atoms with Gasteiger partial charge in [-0.05, 0) is 36.2 Å². The zero-order valence-electron chi connectivity index (χ0n) is 18.4. The summed E-state index contributed by atoms with van der Waals surface area (Å²) in [7, 11) is 0. The summed E-state index contributed by atoms with van der Waals surface area (Å²) in [6, 6.07) is 23.1. The summed E-state index contributed by atoms with van der Waals surface area (Å²) in [6.45, 7) is 4.03. The van der Waals surface area contributed by atoms with Gasteiger partial charge >= 0.3 is 0 Å². The Bertz CT molecular complexity index is 1340. The van der Waals surface area contributed by atoms with Gasteiger partial charge in [-0.2, -0.15) is 0 Å². The molecule has 2 heterocycles. The standard InChI is InChI=1S/C26H23N3O3S/c1-17-9-8-14-23-24(17)27-26(33-23)29(15-19-10-4-3-5-11-19)25(31)22-16-28(18(2)30)20-12-6-7-13-21(20)32-22/h3-14,22H,15-16H2,1-2H3/t22-/m1/s1. The predicted molar refractivity (Wildman–Crippen MR) is 131 cm³/mol. The van der Waals surface area contributed by atoms with Crippen LogP contribution >= 0.6 is 11.3 Å². The SMILES string of the molecule is CC(=O)N1C[C@H](C(=O)N(Cc2ccccc2)c2nc3c(C)cccc3s2)Oc2ccccc21. The van der Waals surface area contributed by atoms with Crippen LogP contribution in [0.3, 0.4) is 0 Å². The lowest BCUT2D eigenvalue weighted by atomic mass is 10.1. The lowest BCUT2D eigenvalue weighted by molar-refractivity contribution is -0.125. The molecule has 3 aromatic carbocycles. The third kappa shape index (κ3) is 4.07. The van der Waals surface area contributed by atoms with Gasteiger partial charge < -0.3 is 9.64 Å². The van der Waals surface area contributed by atoms with E-state index in [0.717, 1.165) is 21.3 Å². The van der Waals surface area contributed by atoms with Crippen molar-refractivity contribution in [3.8, 4) is 5.75 Å². The summed E-state index contributed by atoms with van der Waals surface area (Å²) in [5.41, 5.74) is 3.62. The van der Waals surface area contributed by atoms with Crippen molar-refractivity contribution in [2.24, 2.45) is 0 Å². The minimum atomic E-state index is -0.833. The average molecular weight is 458 g/mol. The van der Waals surface area contributed by atoms with E-state index < -0.39 is 6.10 Å². The molecule has 0 saturated carbocycles. The lowest BCUT2D eigenvalue weighted by Gasteiger charge is -2.35. The Labute approximate surface area is 196 Å². The molecule has 0 spiro atoms.